The molecule has 0 radical (unpaired) electrons. The Kier molecular flexibility index (Phi) is 6.02. The van der Waals surface area contributed by atoms with Crippen LogP contribution in [0.3, 0.4) is 0 Å². The maximum atomic E-state index is 13.7. The summed E-state index contributed by atoms with van der Waals surface area (Å²) in [6, 6.07) is 16.9. The third kappa shape index (κ3) is 4.84. The van der Waals surface area contributed by atoms with E-state index in [-0.39, 0.29) is 13.1 Å². The van der Waals surface area contributed by atoms with Crippen LogP contribution in [0.25, 0.3) is 0 Å². The molecule has 1 aliphatic heterocycles. The smallest absolute Gasteiger partial charge is 0.410 e. The van der Waals surface area contributed by atoms with Gasteiger partial charge in [-0.15, -0.1) is 0 Å². The molecule has 2 unspecified atom stereocenters. The first-order chi connectivity index (χ1) is 14.4. The van der Waals surface area contributed by atoms with Gasteiger partial charge in [0.1, 0.15) is 5.60 Å². The van der Waals surface area contributed by atoms with Crippen LogP contribution in [0.2, 0.25) is 0 Å². The molecule has 166 valence electrons. The van der Waals surface area contributed by atoms with Crippen LogP contribution in [0.15, 0.2) is 60.7 Å². The number of rotatable bonds is 7. The lowest BCUT2D eigenvalue weighted by atomic mass is 9.64. The number of benzene rings is 2. The molecule has 2 aromatic carbocycles. The molecule has 31 heavy (non-hydrogen) atoms. The van der Waals surface area contributed by atoms with Crippen molar-refractivity contribution in [3.63, 3.8) is 0 Å². The molecular formula is C23H24F3NO4. The fourth-order valence-corrected chi connectivity index (χ4v) is 4.41. The lowest BCUT2D eigenvalue weighted by Crippen LogP contribution is -2.51. The molecule has 5 nitrogen and oxygen atoms in total. The van der Waals surface area contributed by atoms with Gasteiger partial charge in [0, 0.05) is 12.5 Å². The van der Waals surface area contributed by atoms with Crippen molar-refractivity contribution in [2.45, 2.75) is 44.5 Å². The number of amides is 1. The lowest BCUT2D eigenvalue weighted by molar-refractivity contribution is -0.184. The number of aliphatic carboxylic acids is 1. The Hall–Kier alpha value is -3.03. The number of halogens is 3. The third-order valence-corrected chi connectivity index (χ3v) is 5.66. The number of cyclic esters (lactones) is 1. The van der Waals surface area contributed by atoms with Crippen LogP contribution in [0, 0.1) is 5.41 Å². The fraction of sp³-hybridized carbons (Fsp3) is 0.391. The lowest BCUT2D eigenvalue weighted by Gasteiger charge is -2.43. The minimum atomic E-state index is -4.68. The average Bonchev–Trinajstić information content (AvgIpc) is 2.96. The molecule has 3 rings (SSSR count). The summed E-state index contributed by atoms with van der Waals surface area (Å²) >= 11 is 0. The highest BCUT2D eigenvalue weighted by Gasteiger charge is 2.61. The van der Waals surface area contributed by atoms with Crippen molar-refractivity contribution in [3.8, 4) is 0 Å². The number of nitrogens with zero attached hydrogens (tertiary/aromatic N) is 1. The molecule has 1 N–H and O–H groups in total. The predicted octanol–water partition coefficient (Wildman–Crippen LogP) is 5.22. The van der Waals surface area contributed by atoms with Gasteiger partial charge in [-0.3, -0.25) is 9.69 Å². The number of carbonyl (C=O) groups is 2. The van der Waals surface area contributed by atoms with Crippen molar-refractivity contribution in [1.29, 1.82) is 0 Å². The molecule has 2 atom stereocenters. The summed E-state index contributed by atoms with van der Waals surface area (Å²) in [4.78, 5) is 26.0. The molecule has 1 heterocycles. The standard InChI is InChI=1S/C23H24F3NO4/c1-21(2,19(28)29)18(17-11-7-4-8-12-17)22(14-23(24,25)26)15-27(20(30)31-22)13-16-9-5-3-6-10-16/h3-12,18H,13-15H2,1-2H3,(H,28,29). The second-order valence-electron chi connectivity index (χ2n) is 8.44. The Morgan fingerprint density at radius 2 is 1.65 bits per heavy atom. The van der Waals surface area contributed by atoms with Gasteiger partial charge in [-0.2, -0.15) is 13.2 Å². The van der Waals surface area contributed by atoms with Crippen LogP contribution in [-0.2, 0) is 16.1 Å². The number of hydrogen-bond acceptors (Lipinski definition) is 3. The van der Waals surface area contributed by atoms with Crippen molar-refractivity contribution in [2.24, 2.45) is 5.41 Å². The van der Waals surface area contributed by atoms with Crippen LogP contribution in [0.1, 0.15) is 37.3 Å². The average molecular weight is 435 g/mol. The van der Waals surface area contributed by atoms with Crippen LogP contribution < -0.4 is 0 Å². The van der Waals surface area contributed by atoms with Crippen LogP contribution in [-0.4, -0.2) is 40.4 Å². The molecule has 0 aliphatic carbocycles. The Balaban J connectivity index is 2.09. The molecule has 0 bridgehead atoms. The van der Waals surface area contributed by atoms with Crippen molar-refractivity contribution >= 4 is 12.1 Å². The third-order valence-electron chi connectivity index (χ3n) is 5.66. The quantitative estimate of drug-likeness (QED) is 0.647. The molecule has 1 fully saturated rings. The molecule has 0 aromatic heterocycles. The van der Waals surface area contributed by atoms with Crippen molar-refractivity contribution < 1.29 is 32.6 Å². The number of carboxylic acids is 1. The topological polar surface area (TPSA) is 66.8 Å². The number of carbonyl (C=O) groups excluding carboxylic acids is 1. The summed E-state index contributed by atoms with van der Waals surface area (Å²) in [5.74, 6) is -2.51. The highest BCUT2D eigenvalue weighted by atomic mass is 19.4. The predicted molar refractivity (Wildman–Crippen MR) is 107 cm³/mol. The summed E-state index contributed by atoms with van der Waals surface area (Å²) in [5.41, 5.74) is -2.63. The van der Waals surface area contributed by atoms with Gasteiger partial charge in [0.25, 0.3) is 0 Å². The Morgan fingerprint density at radius 1 is 1.10 bits per heavy atom. The van der Waals surface area contributed by atoms with E-state index in [4.69, 9.17) is 4.74 Å². The fourth-order valence-electron chi connectivity index (χ4n) is 4.41. The van der Waals surface area contributed by atoms with Crippen molar-refractivity contribution in [3.05, 3.63) is 71.8 Å². The zero-order chi connectivity index (χ0) is 22.9. The van der Waals surface area contributed by atoms with E-state index in [0.717, 1.165) is 5.56 Å². The number of hydrogen-bond donors (Lipinski definition) is 1. The van der Waals surface area contributed by atoms with Crippen molar-refractivity contribution in [2.75, 3.05) is 6.54 Å². The van der Waals surface area contributed by atoms with Gasteiger partial charge in [0.05, 0.1) is 18.4 Å². The second kappa shape index (κ2) is 8.24. The maximum Gasteiger partial charge on any atom is 0.410 e. The van der Waals surface area contributed by atoms with Crippen LogP contribution in [0.5, 0.6) is 0 Å². The highest BCUT2D eigenvalue weighted by Crippen LogP contribution is 2.52. The zero-order valence-corrected chi connectivity index (χ0v) is 17.2. The van der Waals surface area contributed by atoms with Crippen LogP contribution >= 0.6 is 0 Å². The zero-order valence-electron chi connectivity index (χ0n) is 17.2. The monoisotopic (exact) mass is 435 g/mol. The highest BCUT2D eigenvalue weighted by molar-refractivity contribution is 5.77. The Bertz CT molecular complexity index is 931. The summed E-state index contributed by atoms with van der Waals surface area (Å²) in [7, 11) is 0. The number of carboxylic acid groups (broad SMARTS) is 1. The first-order valence-electron chi connectivity index (χ1n) is 9.81. The molecule has 2 aromatic rings. The summed E-state index contributed by atoms with van der Waals surface area (Å²) in [6.45, 7) is 2.41. The SMILES string of the molecule is CC(C)(C(=O)O)C(c1ccccc1)C1(CC(F)(F)F)CN(Cc2ccccc2)C(=O)O1. The van der Waals surface area contributed by atoms with Gasteiger partial charge in [0.15, 0.2) is 0 Å². The van der Waals surface area contributed by atoms with E-state index in [1.807, 2.05) is 0 Å². The van der Waals surface area contributed by atoms with Gasteiger partial charge in [-0.05, 0) is 25.0 Å². The molecule has 1 amide bonds. The molecular weight excluding hydrogens is 411 g/mol. The minimum absolute atomic E-state index is 0.0638. The summed E-state index contributed by atoms with van der Waals surface area (Å²) < 4.78 is 46.7. The van der Waals surface area contributed by atoms with E-state index in [0.29, 0.717) is 5.56 Å². The van der Waals surface area contributed by atoms with E-state index >= 15 is 0 Å². The molecule has 1 aliphatic rings. The van der Waals surface area contributed by atoms with E-state index in [2.05, 4.69) is 0 Å². The van der Waals surface area contributed by atoms with Gasteiger partial charge in [0.2, 0.25) is 0 Å². The van der Waals surface area contributed by atoms with E-state index < -0.39 is 41.6 Å². The van der Waals surface area contributed by atoms with E-state index in [1.54, 1.807) is 60.7 Å². The summed E-state index contributed by atoms with van der Waals surface area (Å²) in [5, 5.41) is 9.88. The summed E-state index contributed by atoms with van der Waals surface area (Å²) in [6.07, 6.45) is -7.02. The number of alkyl halides is 3. The first-order valence-corrected chi connectivity index (χ1v) is 9.81. The molecule has 8 heteroatoms. The maximum absolute atomic E-state index is 13.7. The largest absolute Gasteiger partial charge is 0.481 e. The Labute approximate surface area is 178 Å². The van der Waals surface area contributed by atoms with Gasteiger partial charge < -0.3 is 9.84 Å². The second-order valence-corrected chi connectivity index (χ2v) is 8.44. The normalized spacial score (nSPS) is 20.4. The van der Waals surface area contributed by atoms with E-state index in [1.165, 1.54) is 18.7 Å². The molecule has 0 saturated carbocycles. The molecule has 0 spiro atoms. The van der Waals surface area contributed by atoms with Gasteiger partial charge >= 0.3 is 18.2 Å². The number of ether oxygens (including phenoxy) is 1. The first kappa shape index (κ1) is 22.7. The Morgan fingerprint density at radius 3 is 2.16 bits per heavy atom. The minimum Gasteiger partial charge on any atom is -0.481 e. The van der Waals surface area contributed by atoms with Gasteiger partial charge in [-0.1, -0.05) is 60.7 Å². The van der Waals surface area contributed by atoms with Crippen LogP contribution in [0.4, 0.5) is 18.0 Å². The van der Waals surface area contributed by atoms with Crippen molar-refractivity contribution in [1.82, 2.24) is 4.90 Å². The van der Waals surface area contributed by atoms with Gasteiger partial charge in [-0.25, -0.2) is 4.79 Å². The van der Waals surface area contributed by atoms with E-state index in [9.17, 15) is 27.9 Å². The molecule has 1 saturated heterocycles.